The van der Waals surface area contributed by atoms with Gasteiger partial charge >= 0.3 is 0 Å². The van der Waals surface area contributed by atoms with E-state index in [0.29, 0.717) is 29.4 Å². The molecule has 2 aromatic heterocycles. The number of aryl methyl sites for hydroxylation is 1. The molecule has 2 heterocycles. The molecule has 6 heteroatoms. The van der Waals surface area contributed by atoms with Crippen LogP contribution in [0, 0.1) is 11.7 Å². The number of halogens is 1. The summed E-state index contributed by atoms with van der Waals surface area (Å²) in [5.74, 6) is 0.269. The van der Waals surface area contributed by atoms with E-state index in [1.165, 1.54) is 50.1 Å². The van der Waals surface area contributed by atoms with Crippen LogP contribution in [0.3, 0.4) is 0 Å². The quantitative estimate of drug-likeness (QED) is 0.539. The average molecular weight is 382 g/mol. The van der Waals surface area contributed by atoms with Crippen molar-refractivity contribution in [1.29, 1.82) is 0 Å². The Morgan fingerprint density at radius 2 is 2.21 bits per heavy atom. The van der Waals surface area contributed by atoms with Gasteiger partial charge in [-0.1, -0.05) is 39.2 Å². The first-order valence-electron chi connectivity index (χ1n) is 9.92. The zero-order chi connectivity index (χ0) is 19.9. The van der Waals surface area contributed by atoms with Gasteiger partial charge in [-0.25, -0.2) is 4.39 Å². The Hall–Kier alpha value is -2.76. The van der Waals surface area contributed by atoms with E-state index < -0.39 is 0 Å². The van der Waals surface area contributed by atoms with Gasteiger partial charge in [-0.3, -0.25) is 15.2 Å². The molecule has 0 saturated heterocycles. The lowest BCUT2D eigenvalue weighted by atomic mass is 10.0. The highest BCUT2D eigenvalue weighted by Crippen LogP contribution is 2.27. The molecule has 0 radical (unpaired) electrons. The van der Waals surface area contributed by atoms with Crippen molar-refractivity contribution in [2.45, 2.75) is 52.0 Å². The van der Waals surface area contributed by atoms with Crippen LogP contribution in [0.5, 0.6) is 0 Å². The summed E-state index contributed by atoms with van der Waals surface area (Å²) in [6.07, 6.45) is 11.3. The molecule has 28 heavy (non-hydrogen) atoms. The van der Waals surface area contributed by atoms with Crippen molar-refractivity contribution in [1.82, 2.24) is 9.55 Å². The molecule has 5 nitrogen and oxygen atoms in total. The molecular weight excluding hydrogens is 355 g/mol. The van der Waals surface area contributed by atoms with E-state index in [0.717, 1.165) is 18.5 Å². The first kappa shape index (κ1) is 20.0. The second-order valence-corrected chi connectivity index (χ2v) is 7.27. The number of hydrazone groups is 1. The van der Waals surface area contributed by atoms with Gasteiger partial charge in [0.25, 0.3) is 5.56 Å². The summed E-state index contributed by atoms with van der Waals surface area (Å²) in [7, 11) is 0. The smallest absolute Gasteiger partial charge is 0.250 e. The molecule has 3 rings (SSSR count). The lowest BCUT2D eigenvalue weighted by Crippen LogP contribution is -2.18. The number of hydrogen-bond donors (Lipinski definition) is 1. The topological polar surface area (TPSA) is 59.3 Å². The summed E-state index contributed by atoms with van der Waals surface area (Å²) in [4.78, 5) is 16.2. The molecule has 0 bridgehead atoms. The molecule has 148 valence electrons. The highest BCUT2D eigenvalue weighted by atomic mass is 19.1. The minimum atomic E-state index is -0.348. The van der Waals surface area contributed by atoms with Crippen molar-refractivity contribution in [3.05, 3.63) is 70.7 Å². The van der Waals surface area contributed by atoms with E-state index in [1.54, 1.807) is 16.8 Å². The Labute approximate surface area is 165 Å². The fourth-order valence-electron chi connectivity index (χ4n) is 3.63. The molecule has 1 fully saturated rings. The van der Waals surface area contributed by atoms with Crippen LogP contribution in [0.25, 0.3) is 0 Å². The van der Waals surface area contributed by atoms with Crippen molar-refractivity contribution in [2.75, 3.05) is 5.43 Å². The van der Waals surface area contributed by atoms with Crippen LogP contribution < -0.4 is 11.0 Å². The van der Waals surface area contributed by atoms with Crippen molar-refractivity contribution < 1.29 is 4.39 Å². The third-order valence-corrected chi connectivity index (χ3v) is 5.11. The zero-order valence-electron chi connectivity index (χ0n) is 16.3. The predicted molar refractivity (Wildman–Crippen MR) is 111 cm³/mol. The van der Waals surface area contributed by atoms with Gasteiger partial charge in [0.1, 0.15) is 5.82 Å². The molecule has 0 aromatic carbocycles. The molecule has 1 saturated carbocycles. The number of anilines is 1. The zero-order valence-corrected chi connectivity index (χ0v) is 16.3. The first-order valence-corrected chi connectivity index (χ1v) is 9.92. The van der Waals surface area contributed by atoms with Crippen LogP contribution in [-0.2, 0) is 13.0 Å². The van der Waals surface area contributed by atoms with Crippen LogP contribution in [0.1, 0.15) is 50.3 Å². The maximum atomic E-state index is 14.7. The Morgan fingerprint density at radius 1 is 1.43 bits per heavy atom. The van der Waals surface area contributed by atoms with Gasteiger partial charge in [-0.15, -0.1) is 0 Å². The van der Waals surface area contributed by atoms with E-state index in [1.807, 2.05) is 6.92 Å². The molecule has 0 aliphatic heterocycles. The average Bonchev–Trinajstić information content (AvgIpc) is 3.19. The van der Waals surface area contributed by atoms with Crippen LogP contribution >= 0.6 is 0 Å². The molecule has 0 amide bonds. The van der Waals surface area contributed by atoms with Gasteiger partial charge in [0.15, 0.2) is 0 Å². The maximum absolute atomic E-state index is 14.7. The Bertz CT molecular complexity index is 913. The van der Waals surface area contributed by atoms with Crippen LogP contribution in [0.4, 0.5) is 10.1 Å². The molecular formula is C22H27FN4O. The predicted octanol–water partition coefficient (Wildman–Crippen LogP) is 4.53. The molecule has 2 aromatic rings. The standard InChI is InChI=1S/C22H27FN4O/c1-3-11-27-15-17(9-10-22(27)28)25-26-21(4-2)19-14-24-18(13-20(19)23)12-16-7-5-6-8-16/h4,9-10,13-16,25H,2-3,5-8,11-12H2,1H3/b26-21+. The third-order valence-electron chi connectivity index (χ3n) is 5.11. The second-order valence-electron chi connectivity index (χ2n) is 7.27. The summed E-state index contributed by atoms with van der Waals surface area (Å²) in [5, 5.41) is 4.26. The highest BCUT2D eigenvalue weighted by Gasteiger charge is 2.17. The molecule has 0 atom stereocenters. The van der Waals surface area contributed by atoms with E-state index >= 15 is 0 Å². The lowest BCUT2D eigenvalue weighted by molar-refractivity contribution is 0.534. The number of pyridine rings is 2. The minimum Gasteiger partial charge on any atom is -0.313 e. The van der Waals surface area contributed by atoms with E-state index in [9.17, 15) is 9.18 Å². The van der Waals surface area contributed by atoms with Crippen molar-refractivity contribution in [2.24, 2.45) is 11.0 Å². The second kappa shape index (κ2) is 9.44. The normalized spacial score (nSPS) is 15.0. The van der Waals surface area contributed by atoms with Crippen LogP contribution in [0.2, 0.25) is 0 Å². The van der Waals surface area contributed by atoms with Crippen molar-refractivity contribution in [3.63, 3.8) is 0 Å². The van der Waals surface area contributed by atoms with Crippen molar-refractivity contribution >= 4 is 11.4 Å². The number of rotatable bonds is 8. The van der Waals surface area contributed by atoms with Crippen LogP contribution in [-0.4, -0.2) is 15.3 Å². The Balaban J connectivity index is 1.76. The van der Waals surface area contributed by atoms with Crippen LogP contribution in [0.15, 0.2) is 53.1 Å². The number of aromatic nitrogens is 2. The third kappa shape index (κ3) is 4.94. The summed E-state index contributed by atoms with van der Waals surface area (Å²) < 4.78 is 16.3. The number of nitrogens with one attached hydrogen (secondary N) is 1. The van der Waals surface area contributed by atoms with Gasteiger partial charge in [0, 0.05) is 30.7 Å². The number of allylic oxidation sites excluding steroid dienone is 1. The first-order chi connectivity index (χ1) is 13.6. The molecule has 1 aliphatic carbocycles. The van der Waals surface area contributed by atoms with Gasteiger partial charge in [0.05, 0.1) is 17.0 Å². The largest absolute Gasteiger partial charge is 0.313 e. The summed E-state index contributed by atoms with van der Waals surface area (Å²) in [6, 6.07) is 4.65. The number of hydrogen-bond acceptors (Lipinski definition) is 4. The number of nitrogens with zero attached hydrogens (tertiary/aromatic N) is 3. The van der Waals surface area contributed by atoms with Gasteiger partial charge in [-0.05, 0) is 37.0 Å². The molecule has 0 unspecified atom stereocenters. The highest BCUT2D eigenvalue weighted by molar-refractivity contribution is 6.08. The monoisotopic (exact) mass is 382 g/mol. The van der Waals surface area contributed by atoms with Gasteiger partial charge in [-0.2, -0.15) is 5.10 Å². The van der Waals surface area contributed by atoms with E-state index in [2.05, 4.69) is 22.1 Å². The fourth-order valence-corrected chi connectivity index (χ4v) is 3.63. The summed E-state index contributed by atoms with van der Waals surface area (Å²) in [5.41, 5.74) is 4.93. The SMILES string of the molecule is C=C/C(=N\Nc1ccc(=O)n(CCC)c1)c1cnc(CC2CCCC2)cc1F. The van der Waals surface area contributed by atoms with Crippen molar-refractivity contribution in [3.8, 4) is 0 Å². The van der Waals surface area contributed by atoms with Gasteiger partial charge < -0.3 is 4.57 Å². The maximum Gasteiger partial charge on any atom is 0.250 e. The Kier molecular flexibility index (Phi) is 6.74. The minimum absolute atomic E-state index is 0.0616. The fraction of sp³-hybridized carbons (Fsp3) is 0.409. The summed E-state index contributed by atoms with van der Waals surface area (Å²) in [6.45, 7) is 6.38. The molecule has 1 aliphatic rings. The molecule has 1 N–H and O–H groups in total. The van der Waals surface area contributed by atoms with E-state index in [-0.39, 0.29) is 11.4 Å². The Morgan fingerprint density at radius 3 is 2.89 bits per heavy atom. The summed E-state index contributed by atoms with van der Waals surface area (Å²) >= 11 is 0. The lowest BCUT2D eigenvalue weighted by Gasteiger charge is -2.10. The molecule has 0 spiro atoms. The van der Waals surface area contributed by atoms with E-state index in [4.69, 9.17) is 0 Å². The van der Waals surface area contributed by atoms with Gasteiger partial charge in [0.2, 0.25) is 0 Å².